The largest absolute Gasteiger partial charge is 0.355 e. The fourth-order valence-corrected chi connectivity index (χ4v) is 2.35. The van der Waals surface area contributed by atoms with E-state index in [1.54, 1.807) is 0 Å². The zero-order valence-electron chi connectivity index (χ0n) is 10.9. The van der Waals surface area contributed by atoms with E-state index in [1.165, 1.54) is 24.8 Å². The van der Waals surface area contributed by atoms with Crippen LogP contribution in [0.2, 0.25) is 0 Å². The number of rotatable bonds is 4. The van der Waals surface area contributed by atoms with Gasteiger partial charge in [-0.3, -0.25) is 0 Å². The van der Waals surface area contributed by atoms with Gasteiger partial charge in [-0.25, -0.2) is 4.98 Å². The van der Waals surface area contributed by atoms with E-state index < -0.39 is 0 Å². The molecular formula is C14H23N3. The molecule has 1 aliphatic rings. The fourth-order valence-electron chi connectivity index (χ4n) is 2.35. The van der Waals surface area contributed by atoms with E-state index in [1.807, 2.05) is 6.20 Å². The van der Waals surface area contributed by atoms with E-state index >= 15 is 0 Å². The fraction of sp³-hybridized carbons (Fsp3) is 0.643. The number of anilines is 1. The van der Waals surface area contributed by atoms with Gasteiger partial charge in [0.05, 0.1) is 0 Å². The Morgan fingerprint density at radius 1 is 1.47 bits per heavy atom. The van der Waals surface area contributed by atoms with Gasteiger partial charge in [0.2, 0.25) is 0 Å². The topological polar surface area (TPSA) is 28.2 Å². The highest BCUT2D eigenvalue weighted by atomic mass is 15.2. The molecule has 0 spiro atoms. The van der Waals surface area contributed by atoms with Gasteiger partial charge in [0.1, 0.15) is 5.82 Å². The Morgan fingerprint density at radius 3 is 3.06 bits per heavy atom. The summed E-state index contributed by atoms with van der Waals surface area (Å²) in [6.45, 7) is 7.66. The lowest BCUT2D eigenvalue weighted by Gasteiger charge is -2.34. The second-order valence-corrected chi connectivity index (χ2v) is 4.93. The second kappa shape index (κ2) is 6.01. The van der Waals surface area contributed by atoms with Crippen LogP contribution in [0.4, 0.5) is 5.82 Å². The molecule has 1 N–H and O–H groups in total. The van der Waals surface area contributed by atoms with Gasteiger partial charge in [0.25, 0.3) is 0 Å². The van der Waals surface area contributed by atoms with E-state index in [-0.39, 0.29) is 0 Å². The molecule has 3 nitrogen and oxygen atoms in total. The van der Waals surface area contributed by atoms with Crippen molar-refractivity contribution in [3.63, 3.8) is 0 Å². The molecule has 2 rings (SSSR count). The van der Waals surface area contributed by atoms with Crippen LogP contribution < -0.4 is 10.2 Å². The number of piperidine rings is 1. The number of pyridine rings is 1. The molecule has 0 bridgehead atoms. The SMILES string of the molecule is CCCNC1CCCN(c2ccc(C)cn2)C1. The molecular weight excluding hydrogens is 210 g/mol. The highest BCUT2D eigenvalue weighted by Gasteiger charge is 2.19. The summed E-state index contributed by atoms with van der Waals surface area (Å²) in [5, 5.41) is 3.61. The summed E-state index contributed by atoms with van der Waals surface area (Å²) in [7, 11) is 0. The van der Waals surface area contributed by atoms with Crippen molar-refractivity contribution in [3.05, 3.63) is 23.9 Å². The van der Waals surface area contributed by atoms with Gasteiger partial charge in [-0.05, 0) is 44.4 Å². The van der Waals surface area contributed by atoms with Crippen LogP contribution in [-0.4, -0.2) is 30.7 Å². The summed E-state index contributed by atoms with van der Waals surface area (Å²) in [5.74, 6) is 1.12. The molecule has 1 aromatic heterocycles. The lowest BCUT2D eigenvalue weighted by atomic mass is 10.1. The molecule has 0 amide bonds. The molecule has 17 heavy (non-hydrogen) atoms. The molecule has 3 heteroatoms. The molecule has 1 aromatic rings. The molecule has 0 aromatic carbocycles. The Kier molecular flexibility index (Phi) is 4.37. The average Bonchev–Trinajstić information content (AvgIpc) is 2.37. The molecule has 94 valence electrons. The molecule has 1 atom stereocenters. The Balaban J connectivity index is 1.94. The van der Waals surface area contributed by atoms with Gasteiger partial charge in [0.15, 0.2) is 0 Å². The first kappa shape index (κ1) is 12.4. The molecule has 0 radical (unpaired) electrons. The minimum absolute atomic E-state index is 0.631. The molecule has 1 unspecified atom stereocenters. The Morgan fingerprint density at radius 2 is 2.35 bits per heavy atom. The molecule has 2 heterocycles. The first-order valence-electron chi connectivity index (χ1n) is 6.70. The summed E-state index contributed by atoms with van der Waals surface area (Å²) in [4.78, 5) is 6.91. The van der Waals surface area contributed by atoms with Crippen LogP contribution in [0.15, 0.2) is 18.3 Å². The van der Waals surface area contributed by atoms with Gasteiger partial charge in [-0.2, -0.15) is 0 Å². The Hall–Kier alpha value is -1.09. The molecule has 1 aliphatic heterocycles. The Labute approximate surface area is 104 Å². The molecule has 1 fully saturated rings. The van der Waals surface area contributed by atoms with Crippen molar-refractivity contribution in [2.45, 2.75) is 39.2 Å². The van der Waals surface area contributed by atoms with Crippen LogP contribution in [0.25, 0.3) is 0 Å². The van der Waals surface area contributed by atoms with Gasteiger partial charge in [-0.1, -0.05) is 13.0 Å². The third-order valence-electron chi connectivity index (χ3n) is 3.32. The summed E-state index contributed by atoms with van der Waals surface area (Å²) < 4.78 is 0. The van der Waals surface area contributed by atoms with Crippen molar-refractivity contribution >= 4 is 5.82 Å². The van der Waals surface area contributed by atoms with Crippen molar-refractivity contribution in [1.29, 1.82) is 0 Å². The van der Waals surface area contributed by atoms with E-state index in [4.69, 9.17) is 0 Å². The number of nitrogens with zero attached hydrogens (tertiary/aromatic N) is 2. The average molecular weight is 233 g/mol. The number of aryl methyl sites for hydroxylation is 1. The monoisotopic (exact) mass is 233 g/mol. The van der Waals surface area contributed by atoms with E-state index in [0.29, 0.717) is 6.04 Å². The number of aromatic nitrogens is 1. The van der Waals surface area contributed by atoms with Crippen LogP contribution in [0, 0.1) is 6.92 Å². The molecule has 0 saturated carbocycles. The van der Waals surface area contributed by atoms with E-state index in [0.717, 1.165) is 25.5 Å². The van der Waals surface area contributed by atoms with Gasteiger partial charge < -0.3 is 10.2 Å². The van der Waals surface area contributed by atoms with E-state index in [9.17, 15) is 0 Å². The maximum Gasteiger partial charge on any atom is 0.128 e. The molecule has 0 aliphatic carbocycles. The van der Waals surface area contributed by atoms with Crippen LogP contribution in [-0.2, 0) is 0 Å². The first-order chi connectivity index (χ1) is 8.29. The minimum atomic E-state index is 0.631. The summed E-state index contributed by atoms with van der Waals surface area (Å²) >= 11 is 0. The van der Waals surface area contributed by atoms with Crippen LogP contribution in [0.1, 0.15) is 31.7 Å². The van der Waals surface area contributed by atoms with Gasteiger partial charge in [-0.15, -0.1) is 0 Å². The lowest BCUT2D eigenvalue weighted by molar-refractivity contribution is 0.422. The zero-order valence-corrected chi connectivity index (χ0v) is 10.9. The van der Waals surface area contributed by atoms with Crippen molar-refractivity contribution in [3.8, 4) is 0 Å². The van der Waals surface area contributed by atoms with Crippen molar-refractivity contribution < 1.29 is 0 Å². The number of hydrogen-bond acceptors (Lipinski definition) is 3. The maximum atomic E-state index is 4.51. The maximum absolute atomic E-state index is 4.51. The number of nitrogens with one attached hydrogen (secondary N) is 1. The van der Waals surface area contributed by atoms with Crippen molar-refractivity contribution in [2.75, 3.05) is 24.5 Å². The standard InChI is InChI=1S/C14H23N3/c1-3-8-15-13-5-4-9-17(11-13)14-7-6-12(2)10-16-14/h6-7,10,13,15H,3-5,8-9,11H2,1-2H3. The Bertz CT molecular complexity index is 334. The predicted octanol–water partition coefficient (Wildman–Crippen LogP) is 2.36. The first-order valence-corrected chi connectivity index (χ1v) is 6.70. The number of hydrogen-bond donors (Lipinski definition) is 1. The van der Waals surface area contributed by atoms with Crippen molar-refractivity contribution in [1.82, 2.24) is 10.3 Å². The quantitative estimate of drug-likeness (QED) is 0.865. The predicted molar refractivity (Wildman–Crippen MR) is 72.5 cm³/mol. The van der Waals surface area contributed by atoms with Gasteiger partial charge >= 0.3 is 0 Å². The third kappa shape index (κ3) is 3.43. The highest BCUT2D eigenvalue weighted by molar-refractivity contribution is 5.39. The summed E-state index contributed by atoms with van der Waals surface area (Å²) in [6, 6.07) is 4.91. The smallest absolute Gasteiger partial charge is 0.128 e. The van der Waals surface area contributed by atoms with Gasteiger partial charge in [0, 0.05) is 25.3 Å². The minimum Gasteiger partial charge on any atom is -0.355 e. The van der Waals surface area contributed by atoms with Crippen LogP contribution in [0.5, 0.6) is 0 Å². The summed E-state index contributed by atoms with van der Waals surface area (Å²) in [5.41, 5.74) is 1.23. The van der Waals surface area contributed by atoms with Crippen LogP contribution in [0.3, 0.4) is 0 Å². The normalized spacial score (nSPS) is 20.6. The van der Waals surface area contributed by atoms with Crippen LogP contribution >= 0.6 is 0 Å². The molecule has 1 saturated heterocycles. The summed E-state index contributed by atoms with van der Waals surface area (Å²) in [6.07, 6.45) is 5.72. The highest BCUT2D eigenvalue weighted by Crippen LogP contribution is 2.17. The lowest BCUT2D eigenvalue weighted by Crippen LogP contribution is -2.46. The second-order valence-electron chi connectivity index (χ2n) is 4.93. The zero-order chi connectivity index (χ0) is 12.1. The van der Waals surface area contributed by atoms with Crippen molar-refractivity contribution in [2.24, 2.45) is 0 Å². The third-order valence-corrected chi connectivity index (χ3v) is 3.32. The van der Waals surface area contributed by atoms with E-state index in [2.05, 4.69) is 41.2 Å².